The average molecular weight is 1910 g/mol. The lowest BCUT2D eigenvalue weighted by Gasteiger charge is -2.43. The van der Waals surface area contributed by atoms with Gasteiger partial charge in [-0.15, -0.1) is 0 Å². The van der Waals surface area contributed by atoms with Gasteiger partial charge < -0.3 is 88.8 Å². The number of Topliss-reactive ketones (excluding diaryl/α,β-unsaturated/α-hetero) is 2. The highest BCUT2D eigenvalue weighted by atomic mass is 32.2. The van der Waals surface area contributed by atoms with Gasteiger partial charge in [0, 0.05) is 121 Å². The van der Waals surface area contributed by atoms with E-state index in [9.17, 15) is 61.8 Å². The number of benzene rings is 2. The van der Waals surface area contributed by atoms with Crippen molar-refractivity contribution in [2.75, 3.05) is 116 Å². The van der Waals surface area contributed by atoms with E-state index in [-0.39, 0.29) is 117 Å². The van der Waals surface area contributed by atoms with Crippen LogP contribution in [0.5, 0.6) is 5.75 Å². The molecule has 8 N–H and O–H groups in total. The van der Waals surface area contributed by atoms with Crippen LogP contribution in [0.1, 0.15) is 151 Å². The third kappa shape index (κ3) is 30.9. The van der Waals surface area contributed by atoms with E-state index < -0.39 is 172 Å². The molecule has 2 aromatic carbocycles. The Morgan fingerprint density at radius 2 is 1.45 bits per heavy atom. The number of carbonyl (C=O) groups is 12. The van der Waals surface area contributed by atoms with Gasteiger partial charge >= 0.3 is 11.9 Å². The number of fused-ring (bicyclic) bond motifs is 8. The molecule has 0 saturated carbocycles. The molecule has 38 nitrogen and oxygen atoms in total. The molecule has 7 saturated heterocycles. The van der Waals surface area contributed by atoms with Crippen LogP contribution in [0.15, 0.2) is 120 Å². The molecule has 0 spiro atoms. The van der Waals surface area contributed by atoms with Crippen LogP contribution in [0.4, 0.5) is 5.69 Å². The highest BCUT2D eigenvalue weighted by molar-refractivity contribution is 8.00. The largest absolute Gasteiger partial charge is 0.748 e. The number of cyclic esters (lactones) is 2. The van der Waals surface area contributed by atoms with Crippen LogP contribution in [0, 0.1) is 23.7 Å². The molecule has 8 aliphatic rings. The minimum Gasteiger partial charge on any atom is -0.748 e. The molecule has 0 unspecified atom stereocenters. The number of aliphatic hydroxyl groups excluding tert-OH is 1. The Hall–Kier alpha value is -10.3. The van der Waals surface area contributed by atoms with Crippen LogP contribution in [0.25, 0.3) is 0 Å². The normalized spacial score (nSPS) is 26.7. The minimum absolute atomic E-state index is 0.0316. The van der Waals surface area contributed by atoms with Crippen LogP contribution >= 0.6 is 11.8 Å². The van der Waals surface area contributed by atoms with E-state index in [0.29, 0.717) is 48.0 Å². The summed E-state index contributed by atoms with van der Waals surface area (Å²) in [5.74, 6) is -8.92. The zero-order valence-electron chi connectivity index (χ0n) is 76.2. The van der Waals surface area contributed by atoms with Crippen molar-refractivity contribution in [3.8, 4) is 5.75 Å². The smallest absolute Gasteiger partial charge is 0.333 e. The Morgan fingerprint density at radius 3 is 2.06 bits per heavy atom. The molecule has 7 fully saturated rings. The molecule has 0 aliphatic carbocycles. The highest BCUT2D eigenvalue weighted by Crippen LogP contribution is 2.36. The van der Waals surface area contributed by atoms with Gasteiger partial charge in [-0.2, -0.15) is 11.8 Å². The van der Waals surface area contributed by atoms with Crippen molar-refractivity contribution in [2.24, 2.45) is 23.7 Å². The number of rotatable bonds is 17. The Kier molecular flexibility index (Phi) is 39.1. The average Bonchev–Trinajstić information content (AvgIpc) is 1.48. The van der Waals surface area contributed by atoms with Crippen molar-refractivity contribution in [3.63, 3.8) is 0 Å². The molecule has 4 aromatic rings. The number of aliphatic hydroxyl groups is 1. The third-order valence-electron chi connectivity index (χ3n) is 24.1. The molecule has 10 heterocycles. The zero-order chi connectivity index (χ0) is 96.7. The molecule has 12 rings (SSSR count). The number of ether oxygens (including phenoxy) is 2. The number of likely N-dealkylation sites (N-methyl/N-ethyl adjacent to an activating group) is 1. The SMILES string of the molecule is CC[C@H]1NC(=O)[C@@H](NC(=O)c2ncccc2O)[C@@H](C)OC(=O)[C@H](c2ccccc2)NC(=O)[C@@H]2CC(=O)[C@H](CS[C@@H]3C[NH+]4CCC3CC4)CN2C(=O)[C@H](Cc2ccc(N(C)C)cc2)N(C)C(=O)[C@@H]2CCCN2C1=O.CC[NH+](CC)CCS(=O)(=O)[C@@H]1CCN2C(=O)c3coc(n3)CC(=O)C[C@H](O)C=C(C)C=CCNC(=O)C=C[C@@H](C)[C@@H](C(C)C)OC(=O)[C@@H]12.CS(=O)(=O)[O-].CS(=O)(=O)[O-]. The van der Waals surface area contributed by atoms with Gasteiger partial charge in [0.05, 0.1) is 88.3 Å². The number of nitrogens with one attached hydrogen (secondary N) is 6. The number of aromatic nitrogens is 2. The number of nitrogens with zero attached hydrogens (tertiary/aromatic N) is 7. The fourth-order valence-corrected chi connectivity index (χ4v) is 20.7. The van der Waals surface area contributed by atoms with Crippen molar-refractivity contribution < 1.29 is 126 Å². The number of allylic oxidation sites excluding steroid dienone is 2. The number of pyridine rings is 1. The summed E-state index contributed by atoms with van der Waals surface area (Å²) in [6.45, 7) is 19.6. The Labute approximate surface area is 769 Å². The van der Waals surface area contributed by atoms with E-state index in [1.54, 1.807) is 86.0 Å². The van der Waals surface area contributed by atoms with E-state index in [1.165, 1.54) is 64.1 Å². The Balaban J connectivity index is 0.000000314. The first-order valence-electron chi connectivity index (χ1n) is 43.9. The Morgan fingerprint density at radius 1 is 0.786 bits per heavy atom. The number of hydrogen-bond donors (Lipinski definition) is 8. The zero-order valence-corrected chi connectivity index (χ0v) is 79.5. The van der Waals surface area contributed by atoms with Gasteiger partial charge in [-0.25, -0.2) is 44.8 Å². The minimum atomic E-state index is -3.92. The molecule has 8 amide bonds. The van der Waals surface area contributed by atoms with Crippen LogP contribution in [-0.4, -0.2) is 321 Å². The molecule has 14 atom stereocenters. The lowest BCUT2D eigenvalue weighted by Crippen LogP contribution is -3.16. The predicted molar refractivity (Wildman–Crippen MR) is 481 cm³/mol. The van der Waals surface area contributed by atoms with Crippen LogP contribution < -0.4 is 36.0 Å². The van der Waals surface area contributed by atoms with Gasteiger partial charge in [-0.1, -0.05) is 100 Å². The number of anilines is 1. The molecule has 720 valence electrons. The van der Waals surface area contributed by atoms with Gasteiger partial charge in [0.2, 0.25) is 41.3 Å². The lowest BCUT2D eigenvalue weighted by molar-refractivity contribution is -0.915. The van der Waals surface area contributed by atoms with Crippen molar-refractivity contribution in [1.82, 2.24) is 50.8 Å². The fraction of sp³-hybridized carbons (Fsp3) is 0.573. The number of hydrogen-bond acceptors (Lipinski definition) is 29. The quantitative estimate of drug-likeness (QED) is 0.0512. The molecule has 2 aromatic heterocycles. The van der Waals surface area contributed by atoms with Gasteiger partial charge in [-0.3, -0.25) is 47.9 Å². The van der Waals surface area contributed by atoms with Gasteiger partial charge in [0.15, 0.2) is 27.3 Å². The maximum Gasteiger partial charge on any atom is 0.333 e. The van der Waals surface area contributed by atoms with Gasteiger partial charge in [0.25, 0.3) is 11.8 Å². The highest BCUT2D eigenvalue weighted by Gasteiger charge is 2.52. The lowest BCUT2D eigenvalue weighted by atomic mass is 9.88. The number of ketones is 2. The monoisotopic (exact) mass is 1900 g/mol. The second kappa shape index (κ2) is 48.4. The molecule has 42 heteroatoms. The molecule has 0 radical (unpaired) electrons. The number of thioether (sulfide) groups is 1. The second-order valence-electron chi connectivity index (χ2n) is 34.5. The van der Waals surface area contributed by atoms with E-state index in [2.05, 4.69) is 31.2 Å². The number of carbonyl (C=O) groups excluding carboxylic acids is 12. The summed E-state index contributed by atoms with van der Waals surface area (Å²) in [6, 6.07) is 8.85. The summed E-state index contributed by atoms with van der Waals surface area (Å²) in [6.07, 6.45) is 10.4. The fourth-order valence-electron chi connectivity index (χ4n) is 17.0. The van der Waals surface area contributed by atoms with Crippen molar-refractivity contribution in [2.45, 2.75) is 191 Å². The van der Waals surface area contributed by atoms with Gasteiger partial charge in [0.1, 0.15) is 72.0 Å². The third-order valence-corrected chi connectivity index (χ3v) is 27.9. The number of quaternary nitrogens is 2. The number of oxazole rings is 1. The van der Waals surface area contributed by atoms with Crippen molar-refractivity contribution in [1.29, 1.82) is 0 Å². The predicted octanol–water partition coefficient (Wildman–Crippen LogP) is 0.0814. The molecule has 131 heavy (non-hydrogen) atoms. The first-order chi connectivity index (χ1) is 61.7. The summed E-state index contributed by atoms with van der Waals surface area (Å²) < 4.78 is 99.4. The van der Waals surface area contributed by atoms with Crippen molar-refractivity contribution in [3.05, 3.63) is 144 Å². The standard InChI is InChI=1S/C53H67N9O10S.C34H50N4O9S.2CH4O3S/c1-6-37-50(68)61-23-11-14-38(61)51(69)59(5)40(26-32-16-18-36(19-17-32)58(3)4)52(70)62-28-35(30-73-43-29-60-24-20-33(43)21-25-60)42(64)27-39(62)47(65)57-45(34-12-8-7-9-13-34)53(71)72-31(2)44(48(66)55-37)56-49(67)46-41(63)15-10-22-54-46;1-7-37(8-2)16-17-48(44,45)28-13-15-38-31(28)34(43)47-32(22(3)4)24(6)11-12-29(41)35-14-9-10-23(5)18-25(39)19-26(40)20-30-36-27(21-46-30)33(38)42;2*1-5(2,3)4/h7-10,12-13,15-19,22,31,33,35,37-40,43-45,63H,6,11,14,20-21,23-30H2,1-5H3,(H,55,66)(H,56,67)(H,57,65);9-12,18,21-22,24-25,28,31-32,39H,7-8,13-17,19-20H2,1-6H3,(H,35,41);2*1H3,(H,2,3,4)/t31-,35+,37-,38+,39+,40+,43-,44+,45+;24-,25-,28-,31-,32-;;/m11../s1. The summed E-state index contributed by atoms with van der Waals surface area (Å²) in [4.78, 5) is 189. The van der Waals surface area contributed by atoms with E-state index in [4.69, 9.17) is 39.8 Å². The number of aromatic hydroxyl groups is 1. The van der Waals surface area contributed by atoms with Crippen LogP contribution in [-0.2, 0) is 100 Å². The van der Waals surface area contributed by atoms with Crippen LogP contribution in [0.2, 0.25) is 0 Å². The summed E-state index contributed by atoms with van der Waals surface area (Å²) in [5, 5.41) is 30.8. The maximum absolute atomic E-state index is 15.7. The van der Waals surface area contributed by atoms with E-state index >= 15 is 14.4 Å². The molecular formula is C89H125N13O25S4. The van der Waals surface area contributed by atoms with Crippen molar-refractivity contribution >= 4 is 118 Å². The van der Waals surface area contributed by atoms with E-state index in [1.807, 2.05) is 71.0 Å². The first-order valence-corrected chi connectivity index (χ1v) is 50.3. The molecule has 8 aliphatic heterocycles. The van der Waals surface area contributed by atoms with Gasteiger partial charge in [-0.05, 0) is 107 Å². The number of sulfone groups is 1. The molecular weight excluding hydrogens is 1780 g/mol. The topological polar surface area (TPSA) is 524 Å². The summed E-state index contributed by atoms with van der Waals surface area (Å²) in [5.41, 5.74) is 2.00. The van der Waals surface area contributed by atoms with Crippen LogP contribution in [0.3, 0.4) is 0 Å². The number of amides is 8. The summed E-state index contributed by atoms with van der Waals surface area (Å²) in [7, 11) is -6.35. The maximum atomic E-state index is 15.7. The Bertz CT molecular complexity index is 5100. The summed E-state index contributed by atoms with van der Waals surface area (Å²) >= 11 is 1.75. The second-order valence-corrected chi connectivity index (χ2v) is 41.0. The number of piperidine rings is 4. The number of esters is 2. The molecule has 4 bridgehead atoms. The first kappa shape index (κ1) is 106. The van der Waals surface area contributed by atoms with E-state index in [0.717, 1.165) is 68.0 Å².